The Hall–Kier alpha value is -2.08. The van der Waals surface area contributed by atoms with Gasteiger partial charge in [0, 0.05) is 17.4 Å². The Morgan fingerprint density at radius 3 is 2.50 bits per heavy atom. The summed E-state index contributed by atoms with van der Waals surface area (Å²) in [5, 5.41) is 3.03. The lowest BCUT2D eigenvalue weighted by atomic mass is 10.1. The smallest absolute Gasteiger partial charge is 0.251 e. The van der Waals surface area contributed by atoms with Crippen LogP contribution in [-0.4, -0.2) is 21.1 Å². The van der Waals surface area contributed by atoms with Crippen molar-refractivity contribution in [1.29, 1.82) is 0 Å². The largest absolute Gasteiger partial charge is 0.325 e. The first-order valence-electron chi connectivity index (χ1n) is 6.98. The van der Waals surface area contributed by atoms with E-state index in [1.165, 1.54) is 17.8 Å². The zero-order valence-corrected chi connectivity index (χ0v) is 13.9. The molecule has 1 heterocycles. The predicted molar refractivity (Wildman–Crippen MR) is 89.5 cm³/mol. The standard InChI is InChI=1S/C16H19N3O2S/c1-9-6-5-7-10(2)14(9)19-15(21)12(4)22-16-17-11(3)8-13(20)18-16/h5-8,12H,1-4H3,(H,19,21)(H,17,18,20). The number of rotatable bonds is 4. The molecule has 0 aliphatic carbocycles. The predicted octanol–water partition coefficient (Wildman–Crippen LogP) is 2.81. The van der Waals surface area contributed by atoms with Gasteiger partial charge in [0.05, 0.1) is 5.25 Å². The summed E-state index contributed by atoms with van der Waals surface area (Å²) in [6.45, 7) is 7.46. The molecule has 1 aromatic carbocycles. The molecular formula is C16H19N3O2S. The number of hydrogen-bond donors (Lipinski definition) is 2. The zero-order chi connectivity index (χ0) is 16.3. The number of nitrogens with one attached hydrogen (secondary N) is 2. The number of nitrogens with zero attached hydrogens (tertiary/aromatic N) is 1. The van der Waals surface area contributed by atoms with Gasteiger partial charge in [-0.3, -0.25) is 9.59 Å². The minimum Gasteiger partial charge on any atom is -0.325 e. The highest BCUT2D eigenvalue weighted by atomic mass is 32.2. The second kappa shape index (κ2) is 6.79. The topological polar surface area (TPSA) is 74.8 Å². The van der Waals surface area contributed by atoms with E-state index in [2.05, 4.69) is 15.3 Å². The van der Waals surface area contributed by atoms with Crippen LogP contribution in [0.5, 0.6) is 0 Å². The molecular weight excluding hydrogens is 298 g/mol. The number of aryl methyl sites for hydroxylation is 3. The number of carbonyl (C=O) groups excluding carboxylic acids is 1. The van der Waals surface area contributed by atoms with Gasteiger partial charge in [0.15, 0.2) is 5.16 Å². The summed E-state index contributed by atoms with van der Waals surface area (Å²) < 4.78 is 0. The second-order valence-electron chi connectivity index (χ2n) is 5.21. The first-order valence-corrected chi connectivity index (χ1v) is 7.86. The Morgan fingerprint density at radius 1 is 1.27 bits per heavy atom. The van der Waals surface area contributed by atoms with Crippen LogP contribution in [0.1, 0.15) is 23.7 Å². The number of thioether (sulfide) groups is 1. The summed E-state index contributed by atoms with van der Waals surface area (Å²) in [7, 11) is 0. The van der Waals surface area contributed by atoms with E-state index in [9.17, 15) is 9.59 Å². The number of anilines is 1. The first kappa shape index (κ1) is 16.3. The Kier molecular flexibility index (Phi) is 5.03. The molecule has 0 bridgehead atoms. The highest BCUT2D eigenvalue weighted by Crippen LogP contribution is 2.23. The maximum absolute atomic E-state index is 12.3. The van der Waals surface area contributed by atoms with Gasteiger partial charge in [-0.15, -0.1) is 0 Å². The number of para-hydroxylation sites is 1. The number of amides is 1. The molecule has 0 aliphatic heterocycles. The van der Waals surface area contributed by atoms with Gasteiger partial charge in [-0.2, -0.15) is 0 Å². The fourth-order valence-electron chi connectivity index (χ4n) is 2.06. The SMILES string of the molecule is Cc1cc(=O)[nH]c(SC(C)C(=O)Nc2c(C)cccc2C)n1. The van der Waals surface area contributed by atoms with Gasteiger partial charge in [-0.05, 0) is 38.8 Å². The quantitative estimate of drug-likeness (QED) is 0.671. The van der Waals surface area contributed by atoms with Crippen molar-refractivity contribution in [2.24, 2.45) is 0 Å². The Labute approximate surface area is 133 Å². The number of carbonyl (C=O) groups is 1. The summed E-state index contributed by atoms with van der Waals surface area (Å²) in [6.07, 6.45) is 0. The molecule has 6 heteroatoms. The van der Waals surface area contributed by atoms with Gasteiger partial charge < -0.3 is 10.3 Å². The van der Waals surface area contributed by atoms with Gasteiger partial charge in [0.1, 0.15) is 0 Å². The summed E-state index contributed by atoms with van der Waals surface area (Å²) in [5.74, 6) is -0.119. The third kappa shape index (κ3) is 3.98. The van der Waals surface area contributed by atoms with Crippen LogP contribution in [0.4, 0.5) is 5.69 Å². The lowest BCUT2D eigenvalue weighted by Crippen LogP contribution is -2.24. The maximum Gasteiger partial charge on any atom is 0.251 e. The second-order valence-corrected chi connectivity index (χ2v) is 6.54. The third-order valence-corrected chi connectivity index (χ3v) is 4.22. The molecule has 5 nitrogen and oxygen atoms in total. The Bertz CT molecular complexity index is 735. The van der Waals surface area contributed by atoms with Gasteiger partial charge in [-0.25, -0.2) is 4.98 Å². The molecule has 2 N–H and O–H groups in total. The number of hydrogen-bond acceptors (Lipinski definition) is 4. The molecule has 2 rings (SSSR count). The van der Waals surface area contributed by atoms with Crippen LogP contribution in [0.15, 0.2) is 34.2 Å². The van der Waals surface area contributed by atoms with E-state index in [1.807, 2.05) is 32.0 Å². The monoisotopic (exact) mass is 317 g/mol. The molecule has 1 aromatic heterocycles. The molecule has 22 heavy (non-hydrogen) atoms. The van der Waals surface area contributed by atoms with Crippen molar-refractivity contribution in [3.63, 3.8) is 0 Å². The van der Waals surface area contributed by atoms with Crippen molar-refractivity contribution in [3.05, 3.63) is 51.4 Å². The maximum atomic E-state index is 12.3. The molecule has 0 radical (unpaired) electrons. The molecule has 1 amide bonds. The van der Waals surface area contributed by atoms with Gasteiger partial charge >= 0.3 is 0 Å². The lowest BCUT2D eigenvalue weighted by molar-refractivity contribution is -0.115. The molecule has 116 valence electrons. The van der Waals surface area contributed by atoms with E-state index in [0.29, 0.717) is 10.9 Å². The van der Waals surface area contributed by atoms with Crippen LogP contribution in [-0.2, 0) is 4.79 Å². The summed E-state index contributed by atoms with van der Waals surface area (Å²) in [6, 6.07) is 7.30. The molecule has 0 aliphatic rings. The van der Waals surface area contributed by atoms with Gasteiger partial charge in [0.2, 0.25) is 5.91 Å². The number of aromatic nitrogens is 2. The summed E-state index contributed by atoms with van der Waals surface area (Å²) >= 11 is 1.23. The van der Waals surface area contributed by atoms with Crippen LogP contribution < -0.4 is 10.9 Å². The third-order valence-electron chi connectivity index (χ3n) is 3.23. The molecule has 0 spiro atoms. The zero-order valence-electron chi connectivity index (χ0n) is 13.1. The van der Waals surface area contributed by atoms with E-state index in [4.69, 9.17) is 0 Å². The van der Waals surface area contributed by atoms with Crippen LogP contribution in [0.3, 0.4) is 0 Å². The summed E-state index contributed by atoms with van der Waals surface area (Å²) in [4.78, 5) is 30.6. The molecule has 0 saturated carbocycles. The van der Waals surface area contributed by atoms with Crippen molar-refractivity contribution in [2.45, 2.75) is 38.1 Å². The molecule has 1 unspecified atom stereocenters. The van der Waals surface area contributed by atoms with Gasteiger partial charge in [0.25, 0.3) is 5.56 Å². The Balaban J connectivity index is 2.11. The lowest BCUT2D eigenvalue weighted by Gasteiger charge is -2.15. The fraction of sp³-hybridized carbons (Fsp3) is 0.312. The normalized spacial score (nSPS) is 12.0. The van der Waals surface area contributed by atoms with Gasteiger partial charge in [-0.1, -0.05) is 30.0 Å². The molecule has 1 atom stereocenters. The molecule has 2 aromatic rings. The fourth-order valence-corrected chi connectivity index (χ4v) is 2.92. The van der Waals surface area contributed by atoms with E-state index in [0.717, 1.165) is 16.8 Å². The first-order chi connectivity index (χ1) is 10.4. The van der Waals surface area contributed by atoms with Crippen LogP contribution in [0.2, 0.25) is 0 Å². The van der Waals surface area contributed by atoms with E-state index < -0.39 is 0 Å². The average molecular weight is 317 g/mol. The average Bonchev–Trinajstić information content (AvgIpc) is 2.41. The van der Waals surface area contributed by atoms with Crippen molar-refractivity contribution in [1.82, 2.24) is 9.97 Å². The highest BCUT2D eigenvalue weighted by Gasteiger charge is 2.17. The summed E-state index contributed by atoms with van der Waals surface area (Å²) in [5.41, 5.74) is 3.30. The molecule has 0 fully saturated rings. The van der Waals surface area contributed by atoms with E-state index in [1.54, 1.807) is 13.8 Å². The van der Waals surface area contributed by atoms with E-state index >= 15 is 0 Å². The van der Waals surface area contributed by atoms with Crippen molar-refractivity contribution >= 4 is 23.4 Å². The van der Waals surface area contributed by atoms with E-state index in [-0.39, 0.29) is 16.7 Å². The highest BCUT2D eigenvalue weighted by molar-refractivity contribution is 8.00. The molecule has 0 saturated heterocycles. The number of H-pyrrole nitrogens is 1. The minimum absolute atomic E-state index is 0.119. The van der Waals surface area contributed by atoms with Crippen molar-refractivity contribution in [3.8, 4) is 0 Å². The van der Waals surface area contributed by atoms with Crippen molar-refractivity contribution < 1.29 is 4.79 Å². The van der Waals surface area contributed by atoms with Crippen LogP contribution in [0.25, 0.3) is 0 Å². The Morgan fingerprint density at radius 2 is 1.91 bits per heavy atom. The van der Waals surface area contributed by atoms with Crippen molar-refractivity contribution in [2.75, 3.05) is 5.32 Å². The van der Waals surface area contributed by atoms with Crippen LogP contribution >= 0.6 is 11.8 Å². The van der Waals surface area contributed by atoms with Crippen LogP contribution in [0, 0.1) is 20.8 Å². The minimum atomic E-state index is -0.371. The number of benzene rings is 1. The number of aromatic amines is 1.